The lowest BCUT2D eigenvalue weighted by Gasteiger charge is -2.38. The second-order valence-electron chi connectivity index (χ2n) is 5.80. The second kappa shape index (κ2) is 5.97. The standard InChI is InChI=1S/C13H26N2S/c1-11(2)5-4-8-15-9-6-13(3,7-10-15)12(14)16/h11H,4-10H2,1-3H3,(H2,14,16). The van der Waals surface area contributed by atoms with Gasteiger partial charge in [0.25, 0.3) is 0 Å². The molecule has 0 unspecified atom stereocenters. The van der Waals surface area contributed by atoms with E-state index in [1.807, 2.05) is 0 Å². The molecule has 94 valence electrons. The van der Waals surface area contributed by atoms with Crippen LogP contribution >= 0.6 is 12.2 Å². The highest BCUT2D eigenvalue weighted by Crippen LogP contribution is 2.31. The van der Waals surface area contributed by atoms with Gasteiger partial charge in [-0.2, -0.15) is 0 Å². The van der Waals surface area contributed by atoms with E-state index in [9.17, 15) is 0 Å². The molecule has 0 radical (unpaired) electrons. The molecule has 1 aliphatic heterocycles. The molecular formula is C13H26N2S. The Morgan fingerprint density at radius 3 is 2.38 bits per heavy atom. The zero-order valence-electron chi connectivity index (χ0n) is 11.0. The van der Waals surface area contributed by atoms with Crippen LogP contribution in [0.2, 0.25) is 0 Å². The van der Waals surface area contributed by atoms with Gasteiger partial charge in [0, 0.05) is 5.41 Å². The van der Waals surface area contributed by atoms with Crippen molar-refractivity contribution in [3.05, 3.63) is 0 Å². The lowest BCUT2D eigenvalue weighted by Crippen LogP contribution is -2.44. The van der Waals surface area contributed by atoms with Crippen molar-refractivity contribution < 1.29 is 0 Å². The zero-order valence-corrected chi connectivity index (χ0v) is 11.8. The summed E-state index contributed by atoms with van der Waals surface area (Å²) in [6.45, 7) is 10.4. The summed E-state index contributed by atoms with van der Waals surface area (Å²) in [7, 11) is 0. The molecule has 0 saturated carbocycles. The molecule has 3 heteroatoms. The second-order valence-corrected chi connectivity index (χ2v) is 6.24. The SMILES string of the molecule is CC(C)CCCN1CCC(C)(C(N)=S)CC1. The third kappa shape index (κ3) is 4.02. The molecule has 16 heavy (non-hydrogen) atoms. The van der Waals surface area contributed by atoms with Crippen LogP contribution in [0.15, 0.2) is 0 Å². The lowest BCUT2D eigenvalue weighted by molar-refractivity contribution is 0.160. The van der Waals surface area contributed by atoms with Crippen molar-refractivity contribution in [3.63, 3.8) is 0 Å². The first-order chi connectivity index (χ1) is 7.44. The Balaban J connectivity index is 2.24. The fraction of sp³-hybridized carbons (Fsp3) is 0.923. The molecule has 2 nitrogen and oxygen atoms in total. The van der Waals surface area contributed by atoms with E-state index >= 15 is 0 Å². The quantitative estimate of drug-likeness (QED) is 0.752. The summed E-state index contributed by atoms with van der Waals surface area (Å²) in [4.78, 5) is 3.26. The number of thiocarbonyl (C=S) groups is 1. The first-order valence-electron chi connectivity index (χ1n) is 6.46. The van der Waals surface area contributed by atoms with Crippen molar-refractivity contribution in [2.24, 2.45) is 17.1 Å². The molecule has 0 aliphatic carbocycles. The average Bonchev–Trinajstić information content (AvgIpc) is 2.20. The molecule has 1 fully saturated rings. The Morgan fingerprint density at radius 2 is 1.94 bits per heavy atom. The van der Waals surface area contributed by atoms with Crippen LogP contribution < -0.4 is 5.73 Å². The van der Waals surface area contributed by atoms with Crippen LogP contribution in [0.1, 0.15) is 46.5 Å². The van der Waals surface area contributed by atoms with E-state index in [2.05, 4.69) is 25.7 Å². The van der Waals surface area contributed by atoms with Crippen molar-refractivity contribution in [3.8, 4) is 0 Å². The van der Waals surface area contributed by atoms with Crippen molar-refractivity contribution in [2.75, 3.05) is 19.6 Å². The first kappa shape index (κ1) is 13.9. The van der Waals surface area contributed by atoms with Gasteiger partial charge in [-0.25, -0.2) is 0 Å². The molecule has 0 aromatic rings. The van der Waals surface area contributed by atoms with E-state index in [4.69, 9.17) is 18.0 Å². The molecule has 0 aromatic heterocycles. The van der Waals surface area contributed by atoms with Gasteiger partial charge in [0.05, 0.1) is 4.99 Å². The van der Waals surface area contributed by atoms with Crippen molar-refractivity contribution in [1.29, 1.82) is 0 Å². The molecule has 2 N–H and O–H groups in total. The summed E-state index contributed by atoms with van der Waals surface area (Å²) < 4.78 is 0. The minimum atomic E-state index is 0.115. The predicted octanol–water partition coefficient (Wildman–Crippen LogP) is 2.81. The predicted molar refractivity (Wildman–Crippen MR) is 74.6 cm³/mol. The van der Waals surface area contributed by atoms with Gasteiger partial charge in [-0.05, 0) is 51.2 Å². The Kier molecular flexibility index (Phi) is 5.19. The largest absolute Gasteiger partial charge is 0.393 e. The van der Waals surface area contributed by atoms with Crippen molar-refractivity contribution >= 4 is 17.2 Å². The maximum absolute atomic E-state index is 5.80. The van der Waals surface area contributed by atoms with E-state index in [-0.39, 0.29) is 5.41 Å². The minimum Gasteiger partial charge on any atom is -0.393 e. The van der Waals surface area contributed by atoms with Gasteiger partial charge in [0.2, 0.25) is 0 Å². The van der Waals surface area contributed by atoms with Crippen molar-refractivity contribution in [2.45, 2.75) is 46.5 Å². The van der Waals surface area contributed by atoms with Gasteiger partial charge in [0.1, 0.15) is 0 Å². The molecule has 1 saturated heterocycles. The van der Waals surface area contributed by atoms with Gasteiger partial charge >= 0.3 is 0 Å². The summed E-state index contributed by atoms with van der Waals surface area (Å²) in [6.07, 6.45) is 4.92. The summed E-state index contributed by atoms with van der Waals surface area (Å²) in [6, 6.07) is 0. The van der Waals surface area contributed by atoms with E-state index in [0.29, 0.717) is 4.99 Å². The molecule has 1 aliphatic rings. The highest BCUT2D eigenvalue weighted by molar-refractivity contribution is 7.80. The Labute approximate surface area is 106 Å². The summed E-state index contributed by atoms with van der Waals surface area (Å²) in [5, 5.41) is 0. The van der Waals surface area contributed by atoms with Gasteiger partial charge in [-0.3, -0.25) is 0 Å². The monoisotopic (exact) mass is 242 g/mol. The van der Waals surface area contributed by atoms with E-state index in [1.165, 1.54) is 19.4 Å². The fourth-order valence-electron chi connectivity index (χ4n) is 2.24. The molecule has 1 rings (SSSR count). The molecule has 0 aromatic carbocycles. The normalized spacial score (nSPS) is 21.2. The molecule has 0 atom stereocenters. The maximum Gasteiger partial charge on any atom is 0.0788 e. The fourth-order valence-corrected chi connectivity index (χ4v) is 2.44. The van der Waals surface area contributed by atoms with Crippen LogP contribution in [-0.2, 0) is 0 Å². The minimum absolute atomic E-state index is 0.115. The summed E-state index contributed by atoms with van der Waals surface area (Å²) >= 11 is 5.15. The third-order valence-corrected chi connectivity index (χ3v) is 4.30. The van der Waals surface area contributed by atoms with Gasteiger partial charge in [-0.1, -0.05) is 33.0 Å². The van der Waals surface area contributed by atoms with Gasteiger partial charge in [-0.15, -0.1) is 0 Å². The smallest absolute Gasteiger partial charge is 0.0788 e. The Hall–Kier alpha value is -0.150. The lowest BCUT2D eigenvalue weighted by atomic mass is 9.80. The van der Waals surface area contributed by atoms with E-state index in [0.717, 1.165) is 31.8 Å². The number of nitrogens with two attached hydrogens (primary N) is 1. The highest BCUT2D eigenvalue weighted by atomic mass is 32.1. The van der Waals surface area contributed by atoms with Crippen LogP contribution in [0.3, 0.4) is 0 Å². The number of likely N-dealkylation sites (tertiary alicyclic amines) is 1. The molecule has 0 spiro atoms. The highest BCUT2D eigenvalue weighted by Gasteiger charge is 2.32. The molecule has 0 bridgehead atoms. The topological polar surface area (TPSA) is 29.3 Å². The Morgan fingerprint density at radius 1 is 1.38 bits per heavy atom. The number of hydrogen-bond donors (Lipinski definition) is 1. The average molecular weight is 242 g/mol. The Bertz CT molecular complexity index is 230. The number of nitrogens with zero attached hydrogens (tertiary/aromatic N) is 1. The van der Waals surface area contributed by atoms with Crippen LogP contribution in [0.4, 0.5) is 0 Å². The van der Waals surface area contributed by atoms with Crippen LogP contribution in [0, 0.1) is 11.3 Å². The van der Waals surface area contributed by atoms with Crippen LogP contribution in [-0.4, -0.2) is 29.5 Å². The van der Waals surface area contributed by atoms with E-state index < -0.39 is 0 Å². The molecule has 0 amide bonds. The number of rotatable bonds is 5. The van der Waals surface area contributed by atoms with E-state index in [1.54, 1.807) is 0 Å². The van der Waals surface area contributed by atoms with Crippen LogP contribution in [0.25, 0.3) is 0 Å². The van der Waals surface area contributed by atoms with Crippen LogP contribution in [0.5, 0.6) is 0 Å². The van der Waals surface area contributed by atoms with Gasteiger partial charge in [0.15, 0.2) is 0 Å². The molecule has 1 heterocycles. The number of hydrogen-bond acceptors (Lipinski definition) is 2. The maximum atomic E-state index is 5.80. The summed E-state index contributed by atoms with van der Waals surface area (Å²) in [5.74, 6) is 0.826. The first-order valence-corrected chi connectivity index (χ1v) is 6.87. The number of piperidine rings is 1. The third-order valence-electron chi connectivity index (χ3n) is 3.81. The zero-order chi connectivity index (χ0) is 12.2. The summed E-state index contributed by atoms with van der Waals surface area (Å²) in [5.41, 5.74) is 5.91. The molecular weight excluding hydrogens is 216 g/mol. The van der Waals surface area contributed by atoms with Gasteiger partial charge < -0.3 is 10.6 Å². The van der Waals surface area contributed by atoms with Crippen molar-refractivity contribution in [1.82, 2.24) is 4.90 Å².